The highest BCUT2D eigenvalue weighted by molar-refractivity contribution is 8.18. The van der Waals surface area contributed by atoms with E-state index in [0.717, 1.165) is 40.0 Å². The molecule has 0 saturated heterocycles. The van der Waals surface area contributed by atoms with E-state index in [0.29, 0.717) is 15.5 Å². The molecule has 1 aromatic heterocycles. The third-order valence-corrected chi connectivity index (χ3v) is 7.06. The number of benzene rings is 2. The van der Waals surface area contributed by atoms with Crippen molar-refractivity contribution in [2.45, 2.75) is 27.7 Å². The molecular weight excluding hydrogens is 496 g/mol. The van der Waals surface area contributed by atoms with Crippen LogP contribution in [-0.4, -0.2) is 33.2 Å². The summed E-state index contributed by atoms with van der Waals surface area (Å²) in [5.74, 6) is -1.48. The topological polar surface area (TPSA) is 80.9 Å². The second kappa shape index (κ2) is 10.6. The molecule has 2 aromatic carbocycles. The quantitative estimate of drug-likeness (QED) is 0.376. The molecule has 0 saturated carbocycles. The van der Waals surface area contributed by atoms with Crippen molar-refractivity contribution in [2.24, 2.45) is 4.99 Å². The van der Waals surface area contributed by atoms with Gasteiger partial charge >= 0.3 is 5.97 Å². The van der Waals surface area contributed by atoms with Crippen LogP contribution in [0.25, 0.3) is 11.8 Å². The van der Waals surface area contributed by atoms with E-state index in [4.69, 9.17) is 16.3 Å². The number of rotatable bonds is 5. The molecule has 0 radical (unpaired) electrons. The summed E-state index contributed by atoms with van der Waals surface area (Å²) in [6, 6.07) is 16.6. The van der Waals surface area contributed by atoms with E-state index in [1.54, 1.807) is 25.1 Å². The molecule has 0 atom stereocenters. The van der Waals surface area contributed by atoms with Crippen LogP contribution in [0.2, 0.25) is 5.02 Å². The average molecular weight is 521 g/mol. The van der Waals surface area contributed by atoms with Crippen LogP contribution in [0.3, 0.4) is 0 Å². The highest BCUT2D eigenvalue weighted by atomic mass is 35.5. The van der Waals surface area contributed by atoms with Gasteiger partial charge in [0.15, 0.2) is 0 Å². The summed E-state index contributed by atoms with van der Waals surface area (Å²) in [5.41, 5.74) is 4.82. The molecule has 6 nitrogen and oxygen atoms in total. The number of aryl methyl sites for hydroxylation is 2. The number of aliphatic hydroxyl groups excluding tert-OH is 1. The zero-order chi connectivity index (χ0) is 26.0. The van der Waals surface area contributed by atoms with Gasteiger partial charge in [-0.05, 0) is 81.3 Å². The van der Waals surface area contributed by atoms with Crippen LogP contribution in [0.5, 0.6) is 0 Å². The number of carbonyl (C=O) groups is 2. The Balaban J connectivity index is 1.76. The van der Waals surface area contributed by atoms with E-state index in [1.165, 1.54) is 0 Å². The number of halogens is 1. The standard InChI is InChI=1S/C28H25ClN2O4S/c1-5-35-28(34)24-25(32)23(36-27(24)30-26(33)22-9-7-6-8-16(22)2)15-19-14-17(3)31(18(19)4)21-12-10-20(29)11-13-21/h6-15,32H,5H2,1-4H3/b23-15-,30-27?. The molecule has 4 rings (SSSR count). The lowest BCUT2D eigenvalue weighted by molar-refractivity contribution is -0.138. The van der Waals surface area contributed by atoms with Crippen LogP contribution in [-0.2, 0) is 9.53 Å². The molecular formula is C28H25ClN2O4S. The minimum atomic E-state index is -0.728. The number of esters is 1. The van der Waals surface area contributed by atoms with Gasteiger partial charge in [-0.3, -0.25) is 4.79 Å². The van der Waals surface area contributed by atoms with E-state index in [-0.39, 0.29) is 23.0 Å². The first kappa shape index (κ1) is 25.5. The van der Waals surface area contributed by atoms with E-state index in [2.05, 4.69) is 9.56 Å². The number of thioether (sulfide) groups is 1. The fourth-order valence-corrected chi connectivity index (χ4v) is 5.15. The highest BCUT2D eigenvalue weighted by Crippen LogP contribution is 2.40. The fourth-order valence-electron chi connectivity index (χ4n) is 4.02. The third kappa shape index (κ3) is 5.03. The summed E-state index contributed by atoms with van der Waals surface area (Å²) >= 11 is 7.11. The molecule has 8 heteroatoms. The SMILES string of the molecule is CCOC(=O)C1=C(O)/C(=C/c2cc(C)n(-c3ccc(Cl)cc3)c2C)SC1=NC(=O)c1ccccc1C. The van der Waals surface area contributed by atoms with Gasteiger partial charge in [-0.15, -0.1) is 0 Å². The number of aliphatic hydroxyl groups is 1. The van der Waals surface area contributed by atoms with Crippen molar-refractivity contribution in [1.29, 1.82) is 0 Å². The number of hydrogen-bond acceptors (Lipinski definition) is 5. The summed E-state index contributed by atoms with van der Waals surface area (Å²) in [6.45, 7) is 7.57. The van der Waals surface area contributed by atoms with Crippen LogP contribution in [0.15, 0.2) is 75.8 Å². The van der Waals surface area contributed by atoms with Crippen LogP contribution in [0, 0.1) is 20.8 Å². The summed E-state index contributed by atoms with van der Waals surface area (Å²) < 4.78 is 7.22. The largest absolute Gasteiger partial charge is 0.506 e. The van der Waals surface area contributed by atoms with Gasteiger partial charge in [-0.25, -0.2) is 9.79 Å². The van der Waals surface area contributed by atoms with Crippen molar-refractivity contribution in [3.63, 3.8) is 0 Å². The van der Waals surface area contributed by atoms with Crippen LogP contribution in [0.4, 0.5) is 0 Å². The maximum Gasteiger partial charge on any atom is 0.344 e. The van der Waals surface area contributed by atoms with E-state index in [9.17, 15) is 14.7 Å². The first-order chi connectivity index (χ1) is 17.2. The van der Waals surface area contributed by atoms with Crippen molar-refractivity contribution in [1.82, 2.24) is 4.57 Å². The van der Waals surface area contributed by atoms with E-state index >= 15 is 0 Å². The average Bonchev–Trinajstić information content (AvgIpc) is 3.29. The van der Waals surface area contributed by atoms with Crippen LogP contribution >= 0.6 is 23.4 Å². The van der Waals surface area contributed by atoms with Gasteiger partial charge in [0.1, 0.15) is 16.4 Å². The number of aliphatic imine (C=N–C) groups is 1. The number of hydrogen-bond donors (Lipinski definition) is 1. The molecule has 36 heavy (non-hydrogen) atoms. The van der Waals surface area contributed by atoms with Crippen molar-refractivity contribution >= 4 is 46.4 Å². The highest BCUT2D eigenvalue weighted by Gasteiger charge is 2.34. The summed E-state index contributed by atoms with van der Waals surface area (Å²) in [5, 5.41) is 11.8. The molecule has 3 aromatic rings. The third-order valence-electron chi connectivity index (χ3n) is 5.79. The molecule has 1 aliphatic heterocycles. The molecule has 0 fully saturated rings. The Morgan fingerprint density at radius 1 is 1.11 bits per heavy atom. The Morgan fingerprint density at radius 2 is 1.81 bits per heavy atom. The van der Waals surface area contributed by atoms with Gasteiger partial charge < -0.3 is 14.4 Å². The van der Waals surface area contributed by atoms with Gasteiger partial charge in [0.2, 0.25) is 0 Å². The second-order valence-corrected chi connectivity index (χ2v) is 9.70. The van der Waals surface area contributed by atoms with Gasteiger partial charge in [0, 0.05) is 27.7 Å². The van der Waals surface area contributed by atoms with Crippen molar-refractivity contribution < 1.29 is 19.4 Å². The van der Waals surface area contributed by atoms with Crippen LogP contribution in [0.1, 0.15) is 39.8 Å². The lowest BCUT2D eigenvalue weighted by Crippen LogP contribution is -2.14. The van der Waals surface area contributed by atoms with Crippen molar-refractivity contribution in [3.8, 4) is 5.69 Å². The Kier molecular flexibility index (Phi) is 7.52. The molecule has 0 aliphatic carbocycles. The molecule has 2 heterocycles. The maximum atomic E-state index is 12.9. The molecule has 0 unspecified atom stereocenters. The predicted molar refractivity (Wildman–Crippen MR) is 145 cm³/mol. The normalized spacial score (nSPS) is 15.7. The van der Waals surface area contributed by atoms with E-state index in [1.807, 2.05) is 63.2 Å². The fraction of sp³-hybridized carbons (Fsp3) is 0.179. The number of amides is 1. The van der Waals surface area contributed by atoms with Gasteiger partial charge in [-0.2, -0.15) is 0 Å². The minimum absolute atomic E-state index is 0.108. The Labute approximate surface area is 219 Å². The van der Waals surface area contributed by atoms with Gasteiger partial charge in [0.25, 0.3) is 5.91 Å². The Bertz CT molecular complexity index is 1450. The molecule has 0 spiro atoms. The van der Waals surface area contributed by atoms with Gasteiger partial charge in [-0.1, -0.05) is 41.6 Å². The lowest BCUT2D eigenvalue weighted by atomic mass is 10.1. The lowest BCUT2D eigenvalue weighted by Gasteiger charge is -2.09. The Hall–Kier alpha value is -3.55. The number of nitrogens with zero attached hydrogens (tertiary/aromatic N) is 2. The number of aromatic nitrogens is 1. The predicted octanol–water partition coefficient (Wildman–Crippen LogP) is 6.76. The monoisotopic (exact) mass is 520 g/mol. The van der Waals surface area contributed by atoms with Crippen molar-refractivity contribution in [2.75, 3.05) is 6.61 Å². The summed E-state index contributed by atoms with van der Waals surface area (Å²) in [7, 11) is 0. The first-order valence-corrected chi connectivity index (χ1v) is 12.5. The zero-order valence-corrected chi connectivity index (χ0v) is 21.9. The zero-order valence-electron chi connectivity index (χ0n) is 20.3. The van der Waals surface area contributed by atoms with Crippen molar-refractivity contribution in [3.05, 3.63) is 104 Å². The van der Waals surface area contributed by atoms with Gasteiger partial charge in [0.05, 0.1) is 11.5 Å². The minimum Gasteiger partial charge on any atom is -0.506 e. The summed E-state index contributed by atoms with van der Waals surface area (Å²) in [4.78, 5) is 30.2. The molecule has 0 bridgehead atoms. The number of ether oxygens (including phenoxy) is 1. The second-order valence-electron chi connectivity index (χ2n) is 8.23. The molecule has 1 N–H and O–H groups in total. The summed E-state index contributed by atoms with van der Waals surface area (Å²) in [6.07, 6.45) is 1.79. The smallest absolute Gasteiger partial charge is 0.344 e. The Morgan fingerprint density at radius 3 is 2.47 bits per heavy atom. The molecule has 1 amide bonds. The molecule has 1 aliphatic rings. The maximum absolute atomic E-state index is 12.9. The van der Waals surface area contributed by atoms with E-state index < -0.39 is 11.9 Å². The first-order valence-electron chi connectivity index (χ1n) is 11.4. The number of carbonyl (C=O) groups excluding carboxylic acids is 2. The van der Waals surface area contributed by atoms with Crippen LogP contribution < -0.4 is 0 Å². The molecule has 184 valence electrons.